The van der Waals surface area contributed by atoms with E-state index in [1.807, 2.05) is 30.3 Å². The molecule has 1 nitrogen and oxygen atoms in total. The minimum atomic E-state index is 0. The third kappa shape index (κ3) is 5.19. The number of rotatable bonds is 0. The number of benzene rings is 1. The van der Waals surface area contributed by atoms with Gasteiger partial charge in [-0.25, -0.2) is 0 Å². The van der Waals surface area contributed by atoms with Crippen LogP contribution in [0.1, 0.15) is 5.56 Å². The van der Waals surface area contributed by atoms with Gasteiger partial charge in [-0.3, -0.25) is 0 Å². The SMILES string of the molecule is C1=Cc2ccccc2OC1.[Al].[Co].[Ni].[Ti]. The fraction of sp³-hybridized carbons (Fsp3) is 0.111. The molecule has 4 radical (unpaired) electrons. The van der Waals surface area contributed by atoms with Crippen molar-refractivity contribution in [3.8, 4) is 5.75 Å². The van der Waals surface area contributed by atoms with Crippen molar-refractivity contribution < 1.29 is 59.7 Å². The predicted octanol–water partition coefficient (Wildman–Crippen LogP) is 1.70. The molecule has 0 unspecified atom stereocenters. The van der Waals surface area contributed by atoms with E-state index in [2.05, 4.69) is 6.08 Å². The largest absolute Gasteiger partial charge is 0.489 e. The van der Waals surface area contributed by atoms with Gasteiger partial charge < -0.3 is 4.74 Å². The molecule has 1 aliphatic rings. The smallest absolute Gasteiger partial charge is 0.126 e. The van der Waals surface area contributed by atoms with Gasteiger partial charge in [0.05, 0.1) is 0 Å². The van der Waals surface area contributed by atoms with Crippen molar-refractivity contribution >= 4 is 23.4 Å². The van der Waals surface area contributed by atoms with Gasteiger partial charge in [0.15, 0.2) is 0 Å². The summed E-state index contributed by atoms with van der Waals surface area (Å²) < 4.78 is 5.34. The summed E-state index contributed by atoms with van der Waals surface area (Å²) in [7, 11) is 0. The molecule has 76 valence electrons. The number of fused-ring (bicyclic) bond motifs is 1. The van der Waals surface area contributed by atoms with Gasteiger partial charge in [-0.15, -0.1) is 0 Å². The van der Waals surface area contributed by atoms with Crippen molar-refractivity contribution in [3.05, 3.63) is 35.9 Å². The van der Waals surface area contributed by atoms with Gasteiger partial charge in [-0.1, -0.05) is 24.3 Å². The normalized spacial score (nSPS) is 10.0. The molecule has 0 spiro atoms. The zero-order valence-corrected chi connectivity index (χ0v) is 12.1. The van der Waals surface area contributed by atoms with Crippen molar-refractivity contribution in [2.75, 3.05) is 6.61 Å². The maximum Gasteiger partial charge on any atom is 0.126 e. The fourth-order valence-electron chi connectivity index (χ4n) is 1.06. The Kier molecular flexibility index (Phi) is 15.3. The summed E-state index contributed by atoms with van der Waals surface area (Å²) in [5.74, 6) is 0.991. The predicted molar refractivity (Wildman–Crippen MR) is 46.7 cm³/mol. The minimum absolute atomic E-state index is 0. The van der Waals surface area contributed by atoms with Gasteiger partial charge in [-0.2, -0.15) is 0 Å². The number of ether oxygens (including phenoxy) is 1. The quantitative estimate of drug-likeness (QED) is 0.660. The van der Waals surface area contributed by atoms with Gasteiger partial charge in [-0.05, 0) is 12.1 Å². The van der Waals surface area contributed by atoms with Gasteiger partial charge in [0.25, 0.3) is 0 Å². The molecule has 0 fully saturated rings. The summed E-state index contributed by atoms with van der Waals surface area (Å²) in [4.78, 5) is 0. The molecule has 0 atom stereocenters. The van der Waals surface area contributed by atoms with E-state index < -0.39 is 0 Å². The molecule has 5 heteroatoms. The van der Waals surface area contributed by atoms with Crippen LogP contribution < -0.4 is 4.74 Å². The molecule has 0 saturated heterocycles. The van der Waals surface area contributed by atoms with Gasteiger partial charge >= 0.3 is 0 Å². The summed E-state index contributed by atoms with van der Waals surface area (Å²) in [6.07, 6.45) is 4.10. The molecule has 0 N–H and O–H groups in total. The van der Waals surface area contributed by atoms with Gasteiger partial charge in [0, 0.05) is 77.9 Å². The molecule has 1 aliphatic heterocycles. The van der Waals surface area contributed by atoms with Crippen LogP contribution in [0.15, 0.2) is 30.3 Å². The first-order valence-electron chi connectivity index (χ1n) is 3.35. The van der Waals surface area contributed by atoms with E-state index >= 15 is 0 Å². The Balaban J connectivity index is -0.000000302. The second-order valence-electron chi connectivity index (χ2n) is 2.25. The monoisotopic (exact) mass is 324 g/mol. The molecule has 0 aliphatic carbocycles. The van der Waals surface area contributed by atoms with Crippen molar-refractivity contribution in [1.82, 2.24) is 0 Å². The third-order valence-corrected chi connectivity index (χ3v) is 1.55. The summed E-state index contributed by atoms with van der Waals surface area (Å²) in [5.41, 5.74) is 1.17. The van der Waals surface area contributed by atoms with E-state index in [0.717, 1.165) is 5.75 Å². The molecule has 14 heavy (non-hydrogen) atoms. The Bertz CT molecular complexity index is 283. The van der Waals surface area contributed by atoms with E-state index in [0.29, 0.717) is 6.61 Å². The molecule has 1 aromatic carbocycles. The van der Waals surface area contributed by atoms with Crippen LogP contribution in [0.4, 0.5) is 0 Å². The van der Waals surface area contributed by atoms with Crippen LogP contribution in [-0.4, -0.2) is 24.0 Å². The van der Waals surface area contributed by atoms with E-state index in [4.69, 9.17) is 4.74 Å². The molecule has 1 aromatic rings. The molecule has 0 amide bonds. The van der Waals surface area contributed by atoms with Crippen LogP contribution in [0, 0.1) is 0 Å². The Hall–Kier alpha value is 1.01. The summed E-state index contributed by atoms with van der Waals surface area (Å²) in [6, 6.07) is 8.03. The summed E-state index contributed by atoms with van der Waals surface area (Å²) >= 11 is 0. The van der Waals surface area contributed by atoms with Crippen LogP contribution >= 0.6 is 0 Å². The van der Waals surface area contributed by atoms with Crippen molar-refractivity contribution in [1.29, 1.82) is 0 Å². The van der Waals surface area contributed by atoms with Gasteiger partial charge in [0.1, 0.15) is 12.4 Å². The first kappa shape index (κ1) is 20.4. The minimum Gasteiger partial charge on any atom is -0.489 e. The van der Waals surface area contributed by atoms with Crippen LogP contribution in [0.2, 0.25) is 0 Å². The topological polar surface area (TPSA) is 9.23 Å². The molecule has 1 heterocycles. The van der Waals surface area contributed by atoms with Crippen LogP contribution in [-0.2, 0) is 55.0 Å². The van der Waals surface area contributed by atoms with Crippen LogP contribution in [0.5, 0.6) is 5.75 Å². The first-order valence-corrected chi connectivity index (χ1v) is 3.35. The second kappa shape index (κ2) is 10.5. The second-order valence-corrected chi connectivity index (χ2v) is 2.25. The molecular formula is C9H8AlCoNiOTi. The molecule has 0 aromatic heterocycles. The summed E-state index contributed by atoms with van der Waals surface area (Å²) in [5, 5.41) is 0. The van der Waals surface area contributed by atoms with Gasteiger partial charge in [0.2, 0.25) is 0 Å². The van der Waals surface area contributed by atoms with E-state index in [-0.39, 0.29) is 72.3 Å². The van der Waals surface area contributed by atoms with E-state index in [1.54, 1.807) is 0 Å². The average Bonchev–Trinajstić information content (AvgIpc) is 2.05. The third-order valence-electron chi connectivity index (χ3n) is 1.55. The van der Waals surface area contributed by atoms with Crippen molar-refractivity contribution in [3.63, 3.8) is 0 Å². The average molecular weight is 325 g/mol. The number of para-hydroxylation sites is 1. The zero-order chi connectivity index (χ0) is 6.81. The number of hydrogen-bond donors (Lipinski definition) is 0. The Morgan fingerprint density at radius 2 is 1.79 bits per heavy atom. The molecule has 2 rings (SSSR count). The zero-order valence-electron chi connectivity index (χ0n) is 7.31. The Morgan fingerprint density at radius 3 is 2.43 bits per heavy atom. The molecule has 0 bridgehead atoms. The first-order chi connectivity index (χ1) is 4.97. The van der Waals surface area contributed by atoms with Crippen LogP contribution in [0.3, 0.4) is 0 Å². The Morgan fingerprint density at radius 1 is 1.14 bits per heavy atom. The fourth-order valence-corrected chi connectivity index (χ4v) is 1.06. The molecular weight excluding hydrogens is 317 g/mol. The van der Waals surface area contributed by atoms with E-state index in [9.17, 15) is 0 Å². The maximum atomic E-state index is 5.34. The van der Waals surface area contributed by atoms with E-state index in [1.165, 1.54) is 5.56 Å². The number of hydrogen-bond acceptors (Lipinski definition) is 1. The van der Waals surface area contributed by atoms with Crippen molar-refractivity contribution in [2.24, 2.45) is 0 Å². The maximum absolute atomic E-state index is 5.34. The van der Waals surface area contributed by atoms with Crippen molar-refractivity contribution in [2.45, 2.75) is 0 Å². The molecule has 0 saturated carbocycles. The van der Waals surface area contributed by atoms with Crippen LogP contribution in [0.25, 0.3) is 6.08 Å². The standard InChI is InChI=1S/C9H8O.Al.Co.Ni.Ti/c1-2-6-9-8(4-1)5-3-7-10-9;;;;/h1-6H,7H2;;;;. The Labute approximate surface area is 130 Å². The summed E-state index contributed by atoms with van der Waals surface area (Å²) in [6.45, 7) is 0.705.